The summed E-state index contributed by atoms with van der Waals surface area (Å²) in [4.78, 5) is 28.2. The van der Waals surface area contributed by atoms with E-state index in [1.807, 2.05) is 48.2 Å². The second kappa shape index (κ2) is 9.44. The third-order valence-electron chi connectivity index (χ3n) is 6.14. The highest BCUT2D eigenvalue weighted by Crippen LogP contribution is 2.34. The van der Waals surface area contributed by atoms with E-state index >= 15 is 0 Å². The van der Waals surface area contributed by atoms with Crippen LogP contribution in [-0.2, 0) is 12.0 Å². The standard InChI is InChI=1S/C25H30N6O2/c1-17-29-22(14-23(26)30-17)25(2)9-4-12-31(16-25)24(32)19-5-6-21(33-3)20(13-19)28-15-18-7-10-27-11-8-18/h5-8,10-11,13-14,28H,4,9,12,15-16H2,1-3H3,(H2,26,29,30). The summed E-state index contributed by atoms with van der Waals surface area (Å²) in [5.41, 5.74) is 9.08. The van der Waals surface area contributed by atoms with Gasteiger partial charge in [-0.2, -0.15) is 0 Å². The first-order chi connectivity index (χ1) is 15.9. The van der Waals surface area contributed by atoms with E-state index in [-0.39, 0.29) is 11.3 Å². The predicted octanol–water partition coefficient (Wildman–Crippen LogP) is 3.58. The van der Waals surface area contributed by atoms with Crippen LogP contribution in [0.1, 0.15) is 47.2 Å². The number of nitrogen functional groups attached to an aromatic ring is 1. The van der Waals surface area contributed by atoms with Crippen molar-refractivity contribution in [2.24, 2.45) is 0 Å². The van der Waals surface area contributed by atoms with Crippen LogP contribution in [0, 0.1) is 6.92 Å². The van der Waals surface area contributed by atoms with Crippen LogP contribution in [0.15, 0.2) is 48.8 Å². The van der Waals surface area contributed by atoms with Crippen molar-refractivity contribution >= 4 is 17.4 Å². The molecule has 1 saturated heterocycles. The molecule has 1 aliphatic heterocycles. The molecule has 2 aromatic heterocycles. The number of likely N-dealkylation sites (tertiary alicyclic amines) is 1. The number of nitrogens with zero attached hydrogens (tertiary/aromatic N) is 4. The van der Waals surface area contributed by atoms with Crippen molar-refractivity contribution in [2.45, 2.75) is 38.6 Å². The van der Waals surface area contributed by atoms with Crippen molar-refractivity contribution in [1.82, 2.24) is 19.9 Å². The largest absolute Gasteiger partial charge is 0.495 e. The van der Waals surface area contributed by atoms with Gasteiger partial charge < -0.3 is 20.7 Å². The number of nitrogens with one attached hydrogen (secondary N) is 1. The molecule has 1 amide bonds. The first-order valence-electron chi connectivity index (χ1n) is 11.1. The zero-order valence-corrected chi connectivity index (χ0v) is 19.3. The summed E-state index contributed by atoms with van der Waals surface area (Å²) in [5, 5.41) is 3.38. The molecule has 0 spiro atoms. The molecule has 172 valence electrons. The Morgan fingerprint density at radius 1 is 1.21 bits per heavy atom. The average Bonchev–Trinajstić information content (AvgIpc) is 2.82. The predicted molar refractivity (Wildman–Crippen MR) is 128 cm³/mol. The van der Waals surface area contributed by atoms with Crippen LogP contribution < -0.4 is 15.8 Å². The molecule has 0 radical (unpaired) electrons. The lowest BCUT2D eigenvalue weighted by Gasteiger charge is -2.40. The number of aromatic nitrogens is 3. The lowest BCUT2D eigenvalue weighted by molar-refractivity contribution is 0.0647. The molecule has 1 fully saturated rings. The van der Waals surface area contributed by atoms with E-state index in [2.05, 4.69) is 27.2 Å². The van der Waals surface area contributed by atoms with Gasteiger partial charge in [-0.25, -0.2) is 9.97 Å². The van der Waals surface area contributed by atoms with Crippen LogP contribution in [-0.4, -0.2) is 46.0 Å². The van der Waals surface area contributed by atoms with Gasteiger partial charge in [-0.3, -0.25) is 9.78 Å². The van der Waals surface area contributed by atoms with Crippen molar-refractivity contribution in [3.63, 3.8) is 0 Å². The minimum Gasteiger partial charge on any atom is -0.495 e. The molecule has 1 atom stereocenters. The van der Waals surface area contributed by atoms with Crippen LogP contribution in [0.5, 0.6) is 5.75 Å². The Morgan fingerprint density at radius 2 is 2.00 bits per heavy atom. The Balaban J connectivity index is 1.54. The smallest absolute Gasteiger partial charge is 0.253 e. The number of benzene rings is 1. The summed E-state index contributed by atoms with van der Waals surface area (Å²) < 4.78 is 5.50. The summed E-state index contributed by atoms with van der Waals surface area (Å²) in [6, 6.07) is 11.2. The number of rotatable bonds is 6. The van der Waals surface area contributed by atoms with Crippen LogP contribution in [0.4, 0.5) is 11.5 Å². The van der Waals surface area contributed by atoms with Gasteiger partial charge in [0.1, 0.15) is 17.4 Å². The summed E-state index contributed by atoms with van der Waals surface area (Å²) in [6.07, 6.45) is 5.35. The van der Waals surface area contributed by atoms with Gasteiger partial charge in [0.25, 0.3) is 5.91 Å². The maximum atomic E-state index is 13.5. The Bertz CT molecular complexity index is 1120. The van der Waals surface area contributed by atoms with Gasteiger partial charge in [-0.05, 0) is 55.7 Å². The van der Waals surface area contributed by atoms with E-state index < -0.39 is 0 Å². The summed E-state index contributed by atoms with van der Waals surface area (Å²) in [6.45, 7) is 5.87. The Labute approximate surface area is 194 Å². The number of hydrogen-bond donors (Lipinski definition) is 2. The van der Waals surface area contributed by atoms with Crippen LogP contribution in [0.3, 0.4) is 0 Å². The molecule has 3 aromatic rings. The number of aryl methyl sites for hydroxylation is 1. The molecule has 0 aliphatic carbocycles. The molecule has 1 aliphatic rings. The molecular formula is C25H30N6O2. The molecular weight excluding hydrogens is 416 g/mol. The van der Waals surface area contributed by atoms with Crippen LogP contribution in [0.2, 0.25) is 0 Å². The molecule has 3 heterocycles. The number of pyridine rings is 1. The minimum atomic E-state index is -0.273. The molecule has 33 heavy (non-hydrogen) atoms. The molecule has 3 N–H and O–H groups in total. The third-order valence-corrected chi connectivity index (χ3v) is 6.14. The molecule has 0 bridgehead atoms. The fourth-order valence-corrected chi connectivity index (χ4v) is 4.38. The first-order valence-corrected chi connectivity index (χ1v) is 11.1. The summed E-state index contributed by atoms with van der Waals surface area (Å²) in [7, 11) is 1.62. The van der Waals surface area contributed by atoms with Crippen LogP contribution >= 0.6 is 0 Å². The summed E-state index contributed by atoms with van der Waals surface area (Å²) in [5.74, 6) is 1.79. The number of carbonyl (C=O) groups excluding carboxylic acids is 1. The van der Waals surface area contributed by atoms with Gasteiger partial charge in [0, 0.05) is 49.1 Å². The number of methoxy groups -OCH3 is 1. The van der Waals surface area contributed by atoms with E-state index in [4.69, 9.17) is 10.5 Å². The second-order valence-corrected chi connectivity index (χ2v) is 8.74. The van der Waals surface area contributed by atoms with Crippen LogP contribution in [0.25, 0.3) is 0 Å². The van der Waals surface area contributed by atoms with Gasteiger partial charge in [0.05, 0.1) is 18.5 Å². The fraction of sp³-hybridized carbons (Fsp3) is 0.360. The van der Waals surface area contributed by atoms with E-state index in [0.717, 1.165) is 29.8 Å². The number of piperidine rings is 1. The Morgan fingerprint density at radius 3 is 2.73 bits per heavy atom. The van der Waals surface area contributed by atoms with E-state index in [1.165, 1.54) is 0 Å². The third kappa shape index (κ3) is 5.05. The quantitative estimate of drug-likeness (QED) is 0.596. The molecule has 8 heteroatoms. The number of hydrogen-bond acceptors (Lipinski definition) is 7. The van der Waals surface area contributed by atoms with E-state index in [9.17, 15) is 4.79 Å². The first kappa shape index (κ1) is 22.5. The van der Waals surface area contributed by atoms with Crippen molar-refractivity contribution in [1.29, 1.82) is 0 Å². The summed E-state index contributed by atoms with van der Waals surface area (Å²) >= 11 is 0. The van der Waals surface area contributed by atoms with E-state index in [1.54, 1.807) is 19.5 Å². The van der Waals surface area contributed by atoms with Gasteiger partial charge >= 0.3 is 0 Å². The van der Waals surface area contributed by atoms with Crippen molar-refractivity contribution in [3.8, 4) is 5.75 Å². The zero-order chi connectivity index (χ0) is 23.4. The van der Waals surface area contributed by atoms with Gasteiger partial charge in [0.15, 0.2) is 0 Å². The molecule has 4 rings (SSSR count). The number of ether oxygens (including phenoxy) is 1. The minimum absolute atomic E-state index is 0.00529. The Hall–Kier alpha value is -3.68. The number of anilines is 2. The van der Waals surface area contributed by atoms with Crippen molar-refractivity contribution in [2.75, 3.05) is 31.2 Å². The molecule has 1 aromatic carbocycles. The normalized spacial score (nSPS) is 18.1. The van der Waals surface area contributed by atoms with Crippen molar-refractivity contribution < 1.29 is 9.53 Å². The van der Waals surface area contributed by atoms with Gasteiger partial charge in [-0.1, -0.05) is 6.92 Å². The lowest BCUT2D eigenvalue weighted by atomic mass is 9.78. The number of nitrogens with two attached hydrogens (primary N) is 1. The molecule has 8 nitrogen and oxygen atoms in total. The lowest BCUT2D eigenvalue weighted by Crippen LogP contribution is -2.47. The maximum absolute atomic E-state index is 13.5. The number of amides is 1. The molecule has 0 saturated carbocycles. The van der Waals surface area contributed by atoms with E-state index in [0.29, 0.717) is 42.6 Å². The second-order valence-electron chi connectivity index (χ2n) is 8.74. The average molecular weight is 447 g/mol. The SMILES string of the molecule is COc1ccc(C(=O)N2CCCC(C)(c3cc(N)nc(C)n3)C2)cc1NCc1ccncc1. The topological polar surface area (TPSA) is 106 Å². The highest BCUT2D eigenvalue weighted by molar-refractivity contribution is 5.95. The molecule has 1 unspecified atom stereocenters. The number of carbonyl (C=O) groups is 1. The van der Waals surface area contributed by atoms with Gasteiger partial charge in [0.2, 0.25) is 0 Å². The highest BCUT2D eigenvalue weighted by atomic mass is 16.5. The Kier molecular flexibility index (Phi) is 6.44. The zero-order valence-electron chi connectivity index (χ0n) is 19.3. The maximum Gasteiger partial charge on any atom is 0.253 e. The highest BCUT2D eigenvalue weighted by Gasteiger charge is 2.36. The monoisotopic (exact) mass is 446 g/mol. The van der Waals surface area contributed by atoms with Gasteiger partial charge in [-0.15, -0.1) is 0 Å². The van der Waals surface area contributed by atoms with Crippen molar-refractivity contribution in [3.05, 3.63) is 71.4 Å². The fourth-order valence-electron chi connectivity index (χ4n) is 4.38.